The molecule has 4 rings (SSSR count). The van der Waals surface area contributed by atoms with E-state index in [1.165, 1.54) is 35.5 Å². The van der Waals surface area contributed by atoms with Gasteiger partial charge in [-0.1, -0.05) is 42.5 Å². The van der Waals surface area contributed by atoms with E-state index in [4.69, 9.17) is 4.42 Å². The molecule has 0 bridgehead atoms. The number of carbonyl (C=O) groups excluding carboxylic acids is 2. The zero-order chi connectivity index (χ0) is 23.4. The number of aromatic nitrogens is 1. The van der Waals surface area contributed by atoms with Crippen LogP contribution in [-0.4, -0.2) is 60.5 Å². The van der Waals surface area contributed by atoms with Gasteiger partial charge in [-0.2, -0.15) is 4.31 Å². The Morgan fingerprint density at radius 1 is 0.970 bits per heavy atom. The lowest BCUT2D eigenvalue weighted by atomic mass is 10.2. The molecule has 2 aromatic carbocycles. The molecule has 172 valence electrons. The standard InChI is InChI=1S/C24H25N3O5S/c1-18(28)19-7-9-21(10-8-19)33(30,31)27-15-13-26(14-16-27)24(29)12-11-23-25-17-22(32-23)20-5-3-2-4-6-20/h2-10,17H,11-16H2,1H3. The lowest BCUT2D eigenvalue weighted by molar-refractivity contribution is -0.132. The fourth-order valence-corrected chi connectivity index (χ4v) is 5.14. The Balaban J connectivity index is 1.30. The average molecular weight is 468 g/mol. The smallest absolute Gasteiger partial charge is 0.243 e. The van der Waals surface area contributed by atoms with E-state index in [1.54, 1.807) is 11.1 Å². The van der Waals surface area contributed by atoms with E-state index in [1.807, 2.05) is 30.3 Å². The number of amides is 1. The highest BCUT2D eigenvalue weighted by Crippen LogP contribution is 2.21. The molecule has 1 aromatic heterocycles. The minimum absolute atomic E-state index is 0.0580. The highest BCUT2D eigenvalue weighted by Gasteiger charge is 2.30. The van der Waals surface area contributed by atoms with Gasteiger partial charge in [0.05, 0.1) is 11.1 Å². The Morgan fingerprint density at radius 2 is 1.64 bits per heavy atom. The third kappa shape index (κ3) is 5.20. The van der Waals surface area contributed by atoms with Gasteiger partial charge in [-0.25, -0.2) is 13.4 Å². The van der Waals surface area contributed by atoms with Crippen LogP contribution in [-0.2, 0) is 21.2 Å². The molecule has 0 saturated carbocycles. The molecule has 33 heavy (non-hydrogen) atoms. The maximum Gasteiger partial charge on any atom is 0.243 e. The van der Waals surface area contributed by atoms with Crippen LogP contribution < -0.4 is 0 Å². The third-order valence-electron chi connectivity index (χ3n) is 5.65. The third-order valence-corrected chi connectivity index (χ3v) is 7.57. The van der Waals surface area contributed by atoms with Crippen molar-refractivity contribution in [1.29, 1.82) is 0 Å². The van der Waals surface area contributed by atoms with E-state index >= 15 is 0 Å². The van der Waals surface area contributed by atoms with E-state index in [0.717, 1.165) is 5.56 Å². The minimum Gasteiger partial charge on any atom is -0.441 e. The molecule has 0 spiro atoms. The predicted octanol–water partition coefficient (Wildman–Crippen LogP) is 3.01. The molecule has 0 atom stereocenters. The van der Waals surface area contributed by atoms with E-state index in [0.29, 0.717) is 36.7 Å². The van der Waals surface area contributed by atoms with Crippen LogP contribution >= 0.6 is 0 Å². The molecule has 0 radical (unpaired) electrons. The molecular weight excluding hydrogens is 442 g/mol. The number of hydrogen-bond donors (Lipinski definition) is 0. The van der Waals surface area contributed by atoms with Gasteiger partial charge in [-0.3, -0.25) is 9.59 Å². The van der Waals surface area contributed by atoms with Gasteiger partial charge in [0, 0.05) is 50.1 Å². The maximum atomic E-state index is 12.9. The Labute approximate surface area is 192 Å². The molecule has 1 fully saturated rings. The minimum atomic E-state index is -3.67. The van der Waals surface area contributed by atoms with Gasteiger partial charge in [0.1, 0.15) is 0 Å². The second kappa shape index (κ2) is 9.68. The van der Waals surface area contributed by atoms with Gasteiger partial charge in [0.15, 0.2) is 17.4 Å². The van der Waals surface area contributed by atoms with Crippen molar-refractivity contribution in [3.05, 3.63) is 72.2 Å². The van der Waals surface area contributed by atoms with Crippen molar-refractivity contribution in [3.8, 4) is 11.3 Å². The van der Waals surface area contributed by atoms with Gasteiger partial charge >= 0.3 is 0 Å². The van der Waals surface area contributed by atoms with Crippen LogP contribution in [0.3, 0.4) is 0 Å². The number of Topliss-reactive ketones (excluding diaryl/α,β-unsaturated/α-hetero) is 1. The number of ketones is 1. The van der Waals surface area contributed by atoms with Gasteiger partial charge < -0.3 is 9.32 Å². The summed E-state index contributed by atoms with van der Waals surface area (Å²) in [6.07, 6.45) is 2.28. The molecule has 9 heteroatoms. The highest BCUT2D eigenvalue weighted by atomic mass is 32.2. The zero-order valence-corrected chi connectivity index (χ0v) is 19.1. The number of sulfonamides is 1. The van der Waals surface area contributed by atoms with Gasteiger partial charge in [0.25, 0.3) is 0 Å². The first-order chi connectivity index (χ1) is 15.8. The summed E-state index contributed by atoms with van der Waals surface area (Å²) in [6.45, 7) is 2.53. The second-order valence-electron chi connectivity index (χ2n) is 7.85. The number of carbonyl (C=O) groups is 2. The Hall–Kier alpha value is -3.30. The van der Waals surface area contributed by atoms with Crippen LogP contribution in [0, 0.1) is 0 Å². The first-order valence-electron chi connectivity index (χ1n) is 10.7. The number of rotatable bonds is 7. The normalized spacial score (nSPS) is 14.9. The molecule has 0 aliphatic carbocycles. The van der Waals surface area contributed by atoms with E-state index in [2.05, 4.69) is 4.98 Å². The summed E-state index contributed by atoms with van der Waals surface area (Å²) in [4.78, 5) is 30.1. The summed E-state index contributed by atoms with van der Waals surface area (Å²) < 4.78 is 32.9. The van der Waals surface area contributed by atoms with Crippen molar-refractivity contribution in [3.63, 3.8) is 0 Å². The summed E-state index contributed by atoms with van der Waals surface area (Å²) >= 11 is 0. The molecule has 1 aliphatic heterocycles. The van der Waals surface area contributed by atoms with Crippen LogP contribution in [0.4, 0.5) is 0 Å². The van der Waals surface area contributed by atoms with Crippen LogP contribution in [0.25, 0.3) is 11.3 Å². The molecule has 1 saturated heterocycles. The monoisotopic (exact) mass is 467 g/mol. The quantitative estimate of drug-likeness (QED) is 0.495. The topological polar surface area (TPSA) is 101 Å². The van der Waals surface area contributed by atoms with E-state index < -0.39 is 10.0 Å². The van der Waals surface area contributed by atoms with E-state index in [9.17, 15) is 18.0 Å². The first-order valence-corrected chi connectivity index (χ1v) is 12.2. The highest BCUT2D eigenvalue weighted by molar-refractivity contribution is 7.89. The summed E-state index contributed by atoms with van der Waals surface area (Å²) in [5.74, 6) is 0.982. The number of nitrogens with zero attached hydrogens (tertiary/aromatic N) is 3. The average Bonchev–Trinajstić information content (AvgIpc) is 3.32. The molecule has 3 aromatic rings. The SMILES string of the molecule is CC(=O)c1ccc(S(=O)(=O)N2CCN(C(=O)CCc3ncc(-c4ccccc4)o3)CC2)cc1. The van der Waals surface area contributed by atoms with Crippen molar-refractivity contribution < 1.29 is 22.4 Å². The fourth-order valence-electron chi connectivity index (χ4n) is 3.72. The summed E-state index contributed by atoms with van der Waals surface area (Å²) in [5, 5.41) is 0. The lowest BCUT2D eigenvalue weighted by Gasteiger charge is -2.34. The second-order valence-corrected chi connectivity index (χ2v) is 9.79. The van der Waals surface area contributed by atoms with Crippen LogP contribution in [0.15, 0.2) is 70.1 Å². The number of piperazine rings is 1. The predicted molar refractivity (Wildman–Crippen MR) is 122 cm³/mol. The van der Waals surface area contributed by atoms with Crippen molar-refractivity contribution in [2.75, 3.05) is 26.2 Å². The lowest BCUT2D eigenvalue weighted by Crippen LogP contribution is -2.50. The Bertz CT molecular complexity index is 1230. The zero-order valence-electron chi connectivity index (χ0n) is 18.3. The van der Waals surface area contributed by atoms with Crippen LogP contribution in [0.2, 0.25) is 0 Å². The van der Waals surface area contributed by atoms with Gasteiger partial charge in [-0.05, 0) is 19.1 Å². The van der Waals surface area contributed by atoms with Crippen molar-refractivity contribution in [2.45, 2.75) is 24.7 Å². The molecular formula is C24H25N3O5S. The molecule has 1 amide bonds. The van der Waals surface area contributed by atoms with Crippen molar-refractivity contribution in [2.24, 2.45) is 0 Å². The Morgan fingerprint density at radius 3 is 2.27 bits per heavy atom. The van der Waals surface area contributed by atoms with Crippen molar-refractivity contribution in [1.82, 2.24) is 14.2 Å². The molecule has 2 heterocycles. The van der Waals surface area contributed by atoms with Gasteiger partial charge in [0.2, 0.25) is 15.9 Å². The summed E-state index contributed by atoms with van der Waals surface area (Å²) in [6, 6.07) is 15.6. The van der Waals surface area contributed by atoms with Crippen LogP contribution in [0.1, 0.15) is 29.6 Å². The number of hydrogen-bond acceptors (Lipinski definition) is 6. The van der Waals surface area contributed by atoms with Crippen molar-refractivity contribution >= 4 is 21.7 Å². The molecule has 8 nitrogen and oxygen atoms in total. The molecule has 0 N–H and O–H groups in total. The van der Waals surface area contributed by atoms with Crippen LogP contribution in [0.5, 0.6) is 0 Å². The first kappa shape index (κ1) is 22.9. The largest absolute Gasteiger partial charge is 0.441 e. The summed E-state index contributed by atoms with van der Waals surface area (Å²) in [7, 11) is -3.67. The number of benzene rings is 2. The maximum absolute atomic E-state index is 12.9. The number of oxazole rings is 1. The molecule has 1 aliphatic rings. The Kier molecular flexibility index (Phi) is 6.71. The van der Waals surface area contributed by atoms with Gasteiger partial charge in [-0.15, -0.1) is 0 Å². The molecule has 0 unspecified atom stereocenters. The number of aryl methyl sites for hydroxylation is 1. The van der Waals surface area contributed by atoms with E-state index in [-0.39, 0.29) is 36.1 Å². The summed E-state index contributed by atoms with van der Waals surface area (Å²) in [5.41, 5.74) is 1.39. The fraction of sp³-hybridized carbons (Fsp3) is 0.292.